The predicted octanol–water partition coefficient (Wildman–Crippen LogP) is 1.31. The van der Waals surface area contributed by atoms with E-state index in [1.165, 1.54) is 10.9 Å². The number of carbonyl (C=O) groups is 1. The van der Waals surface area contributed by atoms with Crippen LogP contribution in [0.25, 0.3) is 0 Å². The van der Waals surface area contributed by atoms with Gasteiger partial charge in [0.1, 0.15) is 11.6 Å². The van der Waals surface area contributed by atoms with Crippen molar-refractivity contribution >= 4 is 11.8 Å². The number of nitrogens with one attached hydrogen (secondary N) is 1. The Hall–Kier alpha value is -2.51. The number of carboxylic acid groups (broad SMARTS) is 1. The first-order valence-corrected chi connectivity index (χ1v) is 6.68. The van der Waals surface area contributed by atoms with E-state index in [-0.39, 0.29) is 11.6 Å². The fraction of sp³-hybridized carbons (Fsp3) is 0.462. The molecular weight excluding hydrogens is 272 g/mol. The molecule has 8 nitrogen and oxygen atoms in total. The van der Waals surface area contributed by atoms with E-state index in [1.54, 1.807) is 0 Å². The van der Waals surface area contributed by atoms with Gasteiger partial charge in [0.2, 0.25) is 0 Å². The summed E-state index contributed by atoms with van der Waals surface area (Å²) in [5.41, 5.74) is 0.847. The zero-order valence-corrected chi connectivity index (χ0v) is 12.2. The van der Waals surface area contributed by atoms with Gasteiger partial charge in [-0.3, -0.25) is 0 Å². The van der Waals surface area contributed by atoms with Gasteiger partial charge >= 0.3 is 5.97 Å². The highest BCUT2D eigenvalue weighted by Gasteiger charge is 2.08. The van der Waals surface area contributed by atoms with E-state index in [2.05, 4.69) is 25.6 Å². The van der Waals surface area contributed by atoms with Crippen molar-refractivity contribution in [3.63, 3.8) is 0 Å². The van der Waals surface area contributed by atoms with Gasteiger partial charge in [0, 0.05) is 24.2 Å². The number of hydrogen-bond donors (Lipinski definition) is 2. The minimum atomic E-state index is -1.08. The van der Waals surface area contributed by atoms with Crippen LogP contribution < -0.4 is 5.32 Å². The molecule has 112 valence electrons. The lowest BCUT2D eigenvalue weighted by molar-refractivity contribution is 0.0690. The van der Waals surface area contributed by atoms with Crippen LogP contribution in [0.2, 0.25) is 0 Å². The van der Waals surface area contributed by atoms with E-state index >= 15 is 0 Å². The second-order valence-corrected chi connectivity index (χ2v) is 5.01. The van der Waals surface area contributed by atoms with Gasteiger partial charge in [0.15, 0.2) is 5.69 Å². The molecule has 0 saturated heterocycles. The third-order valence-corrected chi connectivity index (χ3v) is 2.79. The number of nitrogens with zero attached hydrogens (tertiary/aromatic N) is 5. The molecule has 21 heavy (non-hydrogen) atoms. The summed E-state index contributed by atoms with van der Waals surface area (Å²) in [5.74, 6) is 0.734. The number of hydrogen-bond acceptors (Lipinski definition) is 6. The molecule has 2 aromatic rings. The predicted molar refractivity (Wildman–Crippen MR) is 76.3 cm³/mol. The minimum Gasteiger partial charge on any atom is -0.476 e. The van der Waals surface area contributed by atoms with Crippen molar-refractivity contribution < 1.29 is 9.90 Å². The highest BCUT2D eigenvalue weighted by Crippen LogP contribution is 2.13. The second kappa shape index (κ2) is 6.29. The molecule has 0 spiro atoms. The van der Waals surface area contributed by atoms with E-state index < -0.39 is 5.97 Å². The molecular formula is C13H18N6O2. The quantitative estimate of drug-likeness (QED) is 0.826. The molecule has 0 radical (unpaired) electrons. The van der Waals surface area contributed by atoms with Crippen molar-refractivity contribution in [1.29, 1.82) is 0 Å². The summed E-state index contributed by atoms with van der Waals surface area (Å²) in [6.45, 7) is 7.08. The molecule has 0 saturated carbocycles. The summed E-state index contributed by atoms with van der Waals surface area (Å²) in [7, 11) is 0. The van der Waals surface area contributed by atoms with Crippen molar-refractivity contribution in [3.05, 3.63) is 29.5 Å². The average molecular weight is 290 g/mol. The maximum atomic E-state index is 10.7. The van der Waals surface area contributed by atoms with Gasteiger partial charge in [-0.1, -0.05) is 19.1 Å². The summed E-state index contributed by atoms with van der Waals surface area (Å²) in [6, 6.07) is 1.87. The Labute approximate surface area is 122 Å². The zero-order chi connectivity index (χ0) is 15.4. The average Bonchev–Trinajstić information content (AvgIpc) is 2.87. The lowest BCUT2D eigenvalue weighted by atomic mass is 10.2. The summed E-state index contributed by atoms with van der Waals surface area (Å²) in [6.07, 6.45) is 1.40. The molecule has 2 heterocycles. The molecule has 2 aromatic heterocycles. The number of aromatic carboxylic acids is 1. The van der Waals surface area contributed by atoms with E-state index in [4.69, 9.17) is 5.11 Å². The summed E-state index contributed by atoms with van der Waals surface area (Å²) in [4.78, 5) is 19.5. The van der Waals surface area contributed by atoms with Crippen molar-refractivity contribution in [2.75, 3.05) is 11.9 Å². The van der Waals surface area contributed by atoms with Crippen LogP contribution in [-0.4, -0.2) is 42.6 Å². The Morgan fingerprint density at radius 2 is 2.19 bits per heavy atom. The molecule has 0 aliphatic heterocycles. The number of rotatable bonds is 6. The van der Waals surface area contributed by atoms with Crippen molar-refractivity contribution in [2.24, 2.45) is 0 Å². The molecule has 0 aliphatic carbocycles. The molecule has 2 N–H and O–H groups in total. The first-order valence-electron chi connectivity index (χ1n) is 6.68. The van der Waals surface area contributed by atoms with Crippen LogP contribution in [0.15, 0.2) is 12.3 Å². The van der Waals surface area contributed by atoms with E-state index in [0.29, 0.717) is 13.1 Å². The van der Waals surface area contributed by atoms with Gasteiger partial charge in [-0.05, 0) is 6.92 Å². The molecule has 8 heteroatoms. The topological polar surface area (TPSA) is 106 Å². The SMILES string of the molecule is Cc1cc(NCCn2cc(C(=O)O)nn2)nc(C(C)C)n1. The first kappa shape index (κ1) is 14.9. The van der Waals surface area contributed by atoms with Gasteiger partial charge in [0.25, 0.3) is 0 Å². The zero-order valence-electron chi connectivity index (χ0n) is 12.2. The highest BCUT2D eigenvalue weighted by atomic mass is 16.4. The van der Waals surface area contributed by atoms with E-state index in [9.17, 15) is 4.79 Å². The highest BCUT2D eigenvalue weighted by molar-refractivity contribution is 5.84. The normalized spacial score (nSPS) is 10.9. The van der Waals surface area contributed by atoms with Crippen LogP contribution in [0, 0.1) is 6.92 Å². The molecule has 0 aliphatic rings. The summed E-state index contributed by atoms with van der Waals surface area (Å²) < 4.78 is 1.48. The van der Waals surface area contributed by atoms with Crippen molar-refractivity contribution in [3.8, 4) is 0 Å². The monoisotopic (exact) mass is 290 g/mol. The van der Waals surface area contributed by atoms with E-state index in [1.807, 2.05) is 26.8 Å². The van der Waals surface area contributed by atoms with Gasteiger partial charge in [-0.25, -0.2) is 19.4 Å². The molecule has 0 unspecified atom stereocenters. The molecule has 0 aromatic carbocycles. The van der Waals surface area contributed by atoms with Crippen LogP contribution in [0.1, 0.15) is 41.8 Å². The van der Waals surface area contributed by atoms with Crippen LogP contribution in [-0.2, 0) is 6.54 Å². The Morgan fingerprint density at radius 1 is 1.43 bits per heavy atom. The second-order valence-electron chi connectivity index (χ2n) is 5.01. The smallest absolute Gasteiger partial charge is 0.358 e. The lowest BCUT2D eigenvalue weighted by Crippen LogP contribution is -2.13. The molecule has 0 atom stereocenters. The summed E-state index contributed by atoms with van der Waals surface area (Å²) in [5, 5.41) is 19.2. The van der Waals surface area contributed by atoms with Gasteiger partial charge < -0.3 is 10.4 Å². The number of aryl methyl sites for hydroxylation is 1. The molecule has 0 amide bonds. The lowest BCUT2D eigenvalue weighted by Gasteiger charge is -2.10. The van der Waals surface area contributed by atoms with Gasteiger partial charge in [-0.2, -0.15) is 0 Å². The molecule has 2 rings (SSSR count). The van der Waals surface area contributed by atoms with Crippen molar-refractivity contribution in [1.82, 2.24) is 25.0 Å². The number of aromatic nitrogens is 5. The molecule has 0 bridgehead atoms. The van der Waals surface area contributed by atoms with Crippen LogP contribution >= 0.6 is 0 Å². The fourth-order valence-electron chi connectivity index (χ4n) is 1.74. The van der Waals surface area contributed by atoms with E-state index in [0.717, 1.165) is 17.3 Å². The Morgan fingerprint density at radius 3 is 2.81 bits per heavy atom. The largest absolute Gasteiger partial charge is 0.476 e. The standard InChI is InChI=1S/C13H18N6O2/c1-8(2)12-15-9(3)6-11(16-12)14-4-5-19-7-10(13(20)21)17-18-19/h6-8H,4-5H2,1-3H3,(H,20,21)(H,14,15,16). The Kier molecular flexibility index (Phi) is 4.46. The van der Waals surface area contributed by atoms with Gasteiger partial charge in [-0.15, -0.1) is 5.10 Å². The Bertz CT molecular complexity index is 637. The third kappa shape index (κ3) is 3.98. The minimum absolute atomic E-state index is 0.0602. The third-order valence-electron chi connectivity index (χ3n) is 2.79. The maximum Gasteiger partial charge on any atom is 0.358 e. The van der Waals surface area contributed by atoms with Crippen molar-refractivity contribution in [2.45, 2.75) is 33.2 Å². The number of anilines is 1. The van der Waals surface area contributed by atoms with Crippen LogP contribution in [0.3, 0.4) is 0 Å². The van der Waals surface area contributed by atoms with Crippen LogP contribution in [0.5, 0.6) is 0 Å². The summed E-state index contributed by atoms with van der Waals surface area (Å²) >= 11 is 0. The fourth-order valence-corrected chi connectivity index (χ4v) is 1.74. The van der Waals surface area contributed by atoms with Crippen LogP contribution in [0.4, 0.5) is 5.82 Å². The maximum absolute atomic E-state index is 10.7. The molecule has 0 fully saturated rings. The van der Waals surface area contributed by atoms with Gasteiger partial charge in [0.05, 0.1) is 12.7 Å². The first-order chi connectivity index (χ1) is 9.95. The number of carboxylic acids is 1. The Balaban J connectivity index is 1.95.